The molecule has 0 bridgehead atoms. The molecule has 1 heterocycles. The number of phenolic OH excluding ortho intramolecular Hbond substituents is 1. The van der Waals surface area contributed by atoms with Crippen LogP contribution in [0, 0.1) is 17.4 Å². The molecule has 0 unspecified atom stereocenters. The summed E-state index contributed by atoms with van der Waals surface area (Å²) in [7, 11) is -3.88. The van der Waals surface area contributed by atoms with E-state index in [-0.39, 0.29) is 32.6 Å². The van der Waals surface area contributed by atoms with E-state index in [1.165, 1.54) is 30.3 Å². The summed E-state index contributed by atoms with van der Waals surface area (Å²) in [6.45, 7) is 0. The van der Waals surface area contributed by atoms with Crippen molar-refractivity contribution in [1.29, 1.82) is 5.41 Å². The Morgan fingerprint density at radius 2 is 2.04 bits per heavy atom. The third-order valence-corrected chi connectivity index (χ3v) is 5.47. The van der Waals surface area contributed by atoms with E-state index in [9.17, 15) is 13.5 Å². The minimum atomic E-state index is -3.88. The van der Waals surface area contributed by atoms with Crippen LogP contribution in [-0.2, 0) is 10.0 Å². The molecule has 0 spiro atoms. The van der Waals surface area contributed by atoms with Crippen LogP contribution in [0.4, 0.5) is 10.7 Å². The van der Waals surface area contributed by atoms with Gasteiger partial charge in [0.05, 0.1) is 26.7 Å². The molecule has 0 aliphatic rings. The lowest BCUT2D eigenvalue weighted by Crippen LogP contribution is -2.11. The second-order valence-electron chi connectivity index (χ2n) is 5.35. The van der Waals surface area contributed by atoms with Crippen molar-refractivity contribution in [1.82, 2.24) is 4.37 Å². The third-order valence-electron chi connectivity index (χ3n) is 3.51. The fourth-order valence-corrected chi connectivity index (χ4v) is 3.65. The number of azo groups is 1. The quantitative estimate of drug-likeness (QED) is 0.280. The summed E-state index contributed by atoms with van der Waals surface area (Å²) in [6, 6.07) is 6.84. The number of fused-ring (bicyclic) bond motifs is 1. The molecule has 0 aliphatic carbocycles. The van der Waals surface area contributed by atoms with Crippen LogP contribution in [0.3, 0.4) is 0 Å². The Bertz CT molecular complexity index is 1310. The Morgan fingerprint density at radius 1 is 1.29 bits per heavy atom. The van der Waals surface area contributed by atoms with Gasteiger partial charge < -0.3 is 10.2 Å². The highest BCUT2D eigenvalue weighted by molar-refractivity contribution is 7.89. The third kappa shape index (κ3) is 3.95. The molecule has 28 heavy (non-hydrogen) atoms. The molecule has 0 aliphatic heterocycles. The number of nitrogens with two attached hydrogens (primary N) is 1. The molecule has 142 valence electrons. The first-order valence-corrected chi connectivity index (χ1v) is 10.0. The molecule has 9 nitrogen and oxygen atoms in total. The number of phenols is 1. The van der Waals surface area contributed by atoms with E-state index in [0.29, 0.717) is 15.9 Å². The molecular weight excluding hydrogens is 426 g/mol. The first-order valence-electron chi connectivity index (χ1n) is 7.31. The maximum atomic E-state index is 11.5. The average Bonchev–Trinajstić information content (AvgIpc) is 3.04. The van der Waals surface area contributed by atoms with Crippen molar-refractivity contribution in [2.75, 3.05) is 0 Å². The second-order valence-corrected chi connectivity index (χ2v) is 8.07. The van der Waals surface area contributed by atoms with Gasteiger partial charge >= 0.3 is 0 Å². The van der Waals surface area contributed by atoms with E-state index < -0.39 is 10.0 Å². The molecule has 3 aromatic rings. The number of hydrogen-bond donors (Lipinski definition) is 4. The number of benzene rings is 2. The molecule has 0 fully saturated rings. The summed E-state index contributed by atoms with van der Waals surface area (Å²) in [5, 5.41) is 40.2. The summed E-state index contributed by atoms with van der Waals surface area (Å²) in [6.07, 6.45) is 1.58. The highest BCUT2D eigenvalue weighted by atomic mass is 35.5. The molecule has 1 aromatic heterocycles. The summed E-state index contributed by atoms with van der Waals surface area (Å²) in [4.78, 5) is -0.0809. The number of aromatic nitrogens is 1. The molecular formula is C16H10ClN5O4S2. The minimum Gasteiger partial charge on any atom is -0.506 e. The number of nitrogens with one attached hydrogen (secondary N) is 1. The van der Waals surface area contributed by atoms with Gasteiger partial charge in [-0.15, -0.1) is 10.2 Å². The maximum absolute atomic E-state index is 11.5. The number of nitrogens with zero attached hydrogens (tertiary/aromatic N) is 3. The van der Waals surface area contributed by atoms with Gasteiger partial charge in [-0.3, -0.25) is 5.41 Å². The molecule has 3 rings (SSSR count). The SMILES string of the molecule is N=C(C#CO)c1cc(N=Nc2snc3ccc(S(N)(=O)=O)cc23)cc(Cl)c1O. The lowest BCUT2D eigenvalue weighted by atomic mass is 10.1. The topological polar surface area (TPSA) is 162 Å². The molecule has 12 heteroatoms. The first kappa shape index (κ1) is 19.7. The molecule has 0 amide bonds. The molecule has 0 saturated heterocycles. The zero-order valence-corrected chi connectivity index (χ0v) is 16.1. The monoisotopic (exact) mass is 435 g/mol. The predicted molar refractivity (Wildman–Crippen MR) is 105 cm³/mol. The Labute approximate surface area is 167 Å². The van der Waals surface area contributed by atoms with Crippen LogP contribution in [0.25, 0.3) is 10.9 Å². The number of aromatic hydroxyl groups is 1. The Balaban J connectivity index is 2.04. The molecule has 0 atom stereocenters. The van der Waals surface area contributed by atoms with Crippen molar-refractivity contribution in [3.8, 4) is 17.8 Å². The van der Waals surface area contributed by atoms with Crippen LogP contribution in [-0.4, -0.2) is 28.7 Å². The molecule has 0 saturated carbocycles. The molecule has 0 radical (unpaired) electrons. The van der Waals surface area contributed by atoms with Crippen LogP contribution in [0.15, 0.2) is 45.5 Å². The van der Waals surface area contributed by atoms with E-state index in [0.717, 1.165) is 11.5 Å². The zero-order valence-electron chi connectivity index (χ0n) is 13.7. The first-order chi connectivity index (χ1) is 13.2. The van der Waals surface area contributed by atoms with Gasteiger partial charge in [-0.25, -0.2) is 13.6 Å². The van der Waals surface area contributed by atoms with Crippen molar-refractivity contribution in [3.63, 3.8) is 0 Å². The normalized spacial score (nSPS) is 11.5. The standard InChI is InChI=1S/C16H10ClN5O4S2/c17-12-6-8(5-10(15(12)24)13(18)3-4-23)20-21-16-11-7-9(28(19,25)26)1-2-14(11)22-27-16/h1-2,5-7,18,23-24H,(H2,19,25,26). The van der Waals surface area contributed by atoms with Gasteiger partial charge in [-0.2, -0.15) is 4.37 Å². The van der Waals surface area contributed by atoms with Crippen LogP contribution >= 0.6 is 23.1 Å². The highest BCUT2D eigenvalue weighted by Crippen LogP contribution is 2.36. The fourth-order valence-electron chi connectivity index (χ4n) is 2.22. The second kappa shape index (κ2) is 7.53. The Morgan fingerprint density at radius 3 is 2.71 bits per heavy atom. The number of primary sulfonamides is 1. The summed E-state index contributed by atoms with van der Waals surface area (Å²) < 4.78 is 27.2. The molecule has 5 N–H and O–H groups in total. The highest BCUT2D eigenvalue weighted by Gasteiger charge is 2.14. The zero-order chi connectivity index (χ0) is 20.5. The molecule has 2 aromatic carbocycles. The van der Waals surface area contributed by atoms with E-state index in [2.05, 4.69) is 20.5 Å². The maximum Gasteiger partial charge on any atom is 0.238 e. The lowest BCUT2D eigenvalue weighted by Gasteiger charge is -2.04. The summed E-state index contributed by atoms with van der Waals surface area (Å²) in [5.74, 6) is 1.71. The van der Waals surface area contributed by atoms with E-state index in [4.69, 9.17) is 27.3 Å². The lowest BCUT2D eigenvalue weighted by molar-refractivity contribution is 0.474. The van der Waals surface area contributed by atoms with Gasteiger partial charge in [0.25, 0.3) is 0 Å². The van der Waals surface area contributed by atoms with Gasteiger partial charge in [-0.05, 0) is 47.8 Å². The van der Waals surface area contributed by atoms with Crippen molar-refractivity contribution >= 4 is 60.5 Å². The van der Waals surface area contributed by atoms with Gasteiger partial charge in [-0.1, -0.05) is 11.6 Å². The van der Waals surface area contributed by atoms with Gasteiger partial charge in [0.2, 0.25) is 10.0 Å². The van der Waals surface area contributed by atoms with Gasteiger partial charge in [0.15, 0.2) is 5.00 Å². The van der Waals surface area contributed by atoms with Crippen LogP contribution < -0.4 is 5.14 Å². The number of rotatable bonds is 4. The van der Waals surface area contributed by atoms with Gasteiger partial charge in [0, 0.05) is 5.39 Å². The number of sulfonamides is 1. The largest absolute Gasteiger partial charge is 0.506 e. The van der Waals surface area contributed by atoms with Gasteiger partial charge in [0.1, 0.15) is 17.6 Å². The van der Waals surface area contributed by atoms with E-state index in [1.807, 2.05) is 0 Å². The van der Waals surface area contributed by atoms with Crippen LogP contribution in [0.5, 0.6) is 5.75 Å². The number of halogens is 1. The van der Waals surface area contributed by atoms with E-state index >= 15 is 0 Å². The average molecular weight is 436 g/mol. The van der Waals surface area contributed by atoms with Crippen molar-refractivity contribution in [3.05, 3.63) is 40.9 Å². The smallest absolute Gasteiger partial charge is 0.238 e. The van der Waals surface area contributed by atoms with E-state index in [1.54, 1.807) is 6.11 Å². The van der Waals surface area contributed by atoms with Crippen LogP contribution in [0.1, 0.15) is 5.56 Å². The summed E-state index contributed by atoms with van der Waals surface area (Å²) in [5.41, 5.74) is 0.330. The minimum absolute atomic E-state index is 0.0336. The number of aliphatic hydroxyl groups is 1. The van der Waals surface area contributed by atoms with Crippen LogP contribution in [0.2, 0.25) is 5.02 Å². The Hall–Kier alpha value is -3.04. The predicted octanol–water partition coefficient (Wildman–Crippen LogP) is 3.42. The summed E-state index contributed by atoms with van der Waals surface area (Å²) >= 11 is 6.94. The number of hydrogen-bond acceptors (Lipinski definition) is 9. The van der Waals surface area contributed by atoms with Crippen molar-refractivity contribution in [2.24, 2.45) is 15.4 Å². The van der Waals surface area contributed by atoms with Crippen molar-refractivity contribution in [2.45, 2.75) is 4.90 Å². The number of aliphatic hydroxyl groups excluding tert-OH is 1. The Kier molecular flexibility index (Phi) is 5.30. The van der Waals surface area contributed by atoms with Crippen molar-refractivity contribution < 1.29 is 18.6 Å². The fraction of sp³-hybridized carbons (Fsp3) is 0.